The maximum Gasteiger partial charge on any atom is 0.326 e. The molecule has 7 heteroatoms. The summed E-state index contributed by atoms with van der Waals surface area (Å²) in [5.41, 5.74) is -0.969. The Morgan fingerprint density at radius 1 is 1.33 bits per heavy atom. The Morgan fingerprint density at radius 2 is 1.90 bits per heavy atom. The Bertz CT molecular complexity index is 495. The van der Waals surface area contributed by atoms with Gasteiger partial charge in [0.1, 0.15) is 6.04 Å². The highest BCUT2D eigenvalue weighted by Crippen LogP contribution is 2.25. The SMILES string of the molecule is COC(C)(C(=O)NC(CC(F)F)C(=O)O)c1ccccc1. The molecule has 1 aromatic rings. The number of carbonyl (C=O) groups excluding carboxylic acids is 1. The van der Waals surface area contributed by atoms with Crippen LogP contribution in [0.5, 0.6) is 0 Å². The Labute approximate surface area is 120 Å². The Balaban J connectivity index is 2.95. The van der Waals surface area contributed by atoms with Crippen LogP contribution in [0.1, 0.15) is 18.9 Å². The van der Waals surface area contributed by atoms with Crippen LogP contribution >= 0.6 is 0 Å². The fraction of sp³-hybridized carbons (Fsp3) is 0.429. The molecule has 0 aliphatic carbocycles. The monoisotopic (exact) mass is 301 g/mol. The molecule has 0 heterocycles. The minimum absolute atomic E-state index is 0.492. The molecule has 0 aliphatic heterocycles. The van der Waals surface area contributed by atoms with E-state index >= 15 is 0 Å². The number of carbonyl (C=O) groups is 2. The van der Waals surface area contributed by atoms with Gasteiger partial charge in [-0.2, -0.15) is 0 Å². The quantitative estimate of drug-likeness (QED) is 0.805. The van der Waals surface area contributed by atoms with Crippen LogP contribution in [0.15, 0.2) is 30.3 Å². The van der Waals surface area contributed by atoms with Gasteiger partial charge < -0.3 is 15.2 Å². The van der Waals surface area contributed by atoms with Gasteiger partial charge in [-0.15, -0.1) is 0 Å². The van der Waals surface area contributed by atoms with Crippen molar-refractivity contribution in [1.29, 1.82) is 0 Å². The number of alkyl halides is 2. The van der Waals surface area contributed by atoms with E-state index in [9.17, 15) is 18.4 Å². The number of ether oxygens (including phenoxy) is 1. The summed E-state index contributed by atoms with van der Waals surface area (Å²) >= 11 is 0. The first kappa shape index (κ1) is 17.0. The van der Waals surface area contributed by atoms with Gasteiger partial charge in [-0.05, 0) is 12.5 Å². The van der Waals surface area contributed by atoms with Crippen molar-refractivity contribution >= 4 is 11.9 Å². The third-order valence-electron chi connectivity index (χ3n) is 3.18. The van der Waals surface area contributed by atoms with Gasteiger partial charge in [-0.3, -0.25) is 4.79 Å². The van der Waals surface area contributed by atoms with Crippen LogP contribution in [-0.2, 0) is 19.9 Å². The highest BCUT2D eigenvalue weighted by molar-refractivity contribution is 5.90. The van der Waals surface area contributed by atoms with Gasteiger partial charge in [0.2, 0.25) is 6.43 Å². The van der Waals surface area contributed by atoms with Crippen molar-refractivity contribution in [3.63, 3.8) is 0 Å². The molecule has 1 aromatic carbocycles. The number of carboxylic acids is 1. The fourth-order valence-corrected chi connectivity index (χ4v) is 1.79. The summed E-state index contributed by atoms with van der Waals surface area (Å²) < 4.78 is 29.9. The average molecular weight is 301 g/mol. The van der Waals surface area contributed by atoms with Gasteiger partial charge in [-0.25, -0.2) is 13.6 Å². The van der Waals surface area contributed by atoms with Gasteiger partial charge in [0.15, 0.2) is 5.60 Å². The average Bonchev–Trinajstić information content (AvgIpc) is 2.45. The lowest BCUT2D eigenvalue weighted by Gasteiger charge is -2.29. The zero-order valence-electron chi connectivity index (χ0n) is 11.7. The lowest BCUT2D eigenvalue weighted by Crippen LogP contribution is -2.50. The number of methoxy groups -OCH3 is 1. The van der Waals surface area contributed by atoms with Gasteiger partial charge in [-0.1, -0.05) is 30.3 Å². The Hall–Kier alpha value is -2.02. The molecule has 1 rings (SSSR count). The predicted octanol–water partition coefficient (Wildman–Crippen LogP) is 1.77. The maximum atomic E-state index is 12.4. The molecule has 0 radical (unpaired) electrons. The van der Waals surface area contributed by atoms with Gasteiger partial charge in [0.05, 0.1) is 0 Å². The lowest BCUT2D eigenvalue weighted by atomic mass is 9.94. The maximum absolute atomic E-state index is 12.4. The van der Waals surface area contributed by atoms with Gasteiger partial charge >= 0.3 is 5.97 Å². The third-order valence-corrected chi connectivity index (χ3v) is 3.18. The minimum Gasteiger partial charge on any atom is -0.480 e. The second-order valence-corrected chi connectivity index (χ2v) is 4.59. The molecule has 21 heavy (non-hydrogen) atoms. The summed E-state index contributed by atoms with van der Waals surface area (Å²) in [6, 6.07) is 6.71. The molecule has 0 aromatic heterocycles. The molecule has 2 atom stereocenters. The summed E-state index contributed by atoms with van der Waals surface area (Å²) in [4.78, 5) is 23.2. The van der Waals surface area contributed by atoms with Crippen LogP contribution in [0, 0.1) is 0 Å². The number of hydrogen-bond acceptors (Lipinski definition) is 3. The number of amides is 1. The number of aliphatic carboxylic acids is 1. The van der Waals surface area contributed by atoms with Crippen molar-refractivity contribution in [3.05, 3.63) is 35.9 Å². The van der Waals surface area contributed by atoms with Crippen LogP contribution < -0.4 is 5.32 Å². The smallest absolute Gasteiger partial charge is 0.326 e. The zero-order chi connectivity index (χ0) is 16.0. The second-order valence-electron chi connectivity index (χ2n) is 4.59. The van der Waals surface area contributed by atoms with E-state index in [2.05, 4.69) is 5.32 Å². The van der Waals surface area contributed by atoms with E-state index in [0.717, 1.165) is 0 Å². The summed E-state index contributed by atoms with van der Waals surface area (Å²) in [6.07, 6.45) is -3.80. The van der Waals surface area contributed by atoms with Crippen LogP contribution in [-0.4, -0.2) is 36.6 Å². The van der Waals surface area contributed by atoms with E-state index in [4.69, 9.17) is 9.84 Å². The normalized spacial score (nSPS) is 15.3. The summed E-state index contributed by atoms with van der Waals surface area (Å²) in [6.45, 7) is 1.44. The van der Waals surface area contributed by atoms with Gasteiger partial charge in [0, 0.05) is 13.5 Å². The van der Waals surface area contributed by atoms with Crippen molar-refractivity contribution < 1.29 is 28.2 Å². The van der Waals surface area contributed by atoms with Crippen molar-refractivity contribution in [2.45, 2.75) is 31.4 Å². The number of carboxylic acid groups (broad SMARTS) is 1. The second kappa shape index (κ2) is 7.12. The van der Waals surface area contributed by atoms with Crippen LogP contribution in [0.25, 0.3) is 0 Å². The lowest BCUT2D eigenvalue weighted by molar-refractivity contribution is -0.150. The molecule has 0 saturated heterocycles. The van der Waals surface area contributed by atoms with Crippen molar-refractivity contribution in [1.82, 2.24) is 5.32 Å². The molecule has 2 N–H and O–H groups in total. The van der Waals surface area contributed by atoms with E-state index < -0.39 is 36.4 Å². The van der Waals surface area contributed by atoms with Crippen LogP contribution in [0.3, 0.4) is 0 Å². The zero-order valence-corrected chi connectivity index (χ0v) is 11.7. The number of rotatable bonds is 7. The number of halogens is 2. The highest BCUT2D eigenvalue weighted by atomic mass is 19.3. The molecule has 116 valence electrons. The summed E-state index contributed by atoms with van der Waals surface area (Å²) in [5.74, 6) is -2.31. The topological polar surface area (TPSA) is 75.6 Å². The molecule has 2 unspecified atom stereocenters. The number of benzene rings is 1. The fourth-order valence-electron chi connectivity index (χ4n) is 1.79. The Kier molecular flexibility index (Phi) is 5.78. The number of nitrogens with one attached hydrogen (secondary N) is 1. The van der Waals surface area contributed by atoms with E-state index in [-0.39, 0.29) is 0 Å². The number of hydrogen-bond donors (Lipinski definition) is 2. The standard InChI is InChI=1S/C14H17F2NO4/c1-14(21-2,9-6-4-3-5-7-9)13(20)17-10(12(18)19)8-11(15)16/h3-7,10-11H,8H2,1-2H3,(H,17,20)(H,18,19). The van der Waals surface area contributed by atoms with Gasteiger partial charge in [0.25, 0.3) is 5.91 Å². The van der Waals surface area contributed by atoms with E-state index in [0.29, 0.717) is 5.56 Å². The predicted molar refractivity (Wildman–Crippen MR) is 71.0 cm³/mol. The molecular weight excluding hydrogens is 284 g/mol. The molecule has 0 aliphatic rings. The molecule has 0 fully saturated rings. The first-order valence-electron chi connectivity index (χ1n) is 6.24. The van der Waals surface area contributed by atoms with E-state index in [1.165, 1.54) is 14.0 Å². The summed E-state index contributed by atoms with van der Waals surface area (Å²) in [7, 11) is 1.29. The molecule has 5 nitrogen and oxygen atoms in total. The molecule has 0 bridgehead atoms. The van der Waals surface area contributed by atoms with Crippen molar-refractivity contribution in [2.24, 2.45) is 0 Å². The molecule has 1 amide bonds. The van der Waals surface area contributed by atoms with Crippen molar-refractivity contribution in [2.75, 3.05) is 7.11 Å². The van der Waals surface area contributed by atoms with E-state index in [1.807, 2.05) is 0 Å². The molecule has 0 spiro atoms. The Morgan fingerprint density at radius 3 is 2.33 bits per heavy atom. The molecular formula is C14H17F2NO4. The molecule has 0 saturated carbocycles. The van der Waals surface area contributed by atoms with Crippen LogP contribution in [0.4, 0.5) is 8.78 Å². The first-order valence-corrected chi connectivity index (χ1v) is 6.24. The van der Waals surface area contributed by atoms with Crippen LogP contribution in [0.2, 0.25) is 0 Å². The summed E-state index contributed by atoms with van der Waals surface area (Å²) in [5, 5.41) is 11.0. The van der Waals surface area contributed by atoms with E-state index in [1.54, 1.807) is 30.3 Å². The highest BCUT2D eigenvalue weighted by Gasteiger charge is 2.38. The first-order chi connectivity index (χ1) is 9.81. The largest absolute Gasteiger partial charge is 0.480 e. The third kappa shape index (κ3) is 4.22. The minimum atomic E-state index is -2.84. The van der Waals surface area contributed by atoms with Crippen molar-refractivity contribution in [3.8, 4) is 0 Å².